The molecule has 0 aliphatic carbocycles. The highest BCUT2D eigenvalue weighted by Gasteiger charge is 2.48. The van der Waals surface area contributed by atoms with Gasteiger partial charge in [0.2, 0.25) is 0 Å². The van der Waals surface area contributed by atoms with Crippen LogP contribution in [0.2, 0.25) is 0 Å². The Hall–Kier alpha value is -3.62. The van der Waals surface area contributed by atoms with Gasteiger partial charge in [0, 0.05) is 35.0 Å². The van der Waals surface area contributed by atoms with Crippen LogP contribution in [-0.2, 0) is 10.8 Å². The van der Waals surface area contributed by atoms with Crippen molar-refractivity contribution in [3.63, 3.8) is 0 Å². The van der Waals surface area contributed by atoms with E-state index in [-0.39, 0.29) is 10.8 Å². The van der Waals surface area contributed by atoms with Gasteiger partial charge < -0.3 is 4.90 Å². The molecule has 2 aliphatic heterocycles. The van der Waals surface area contributed by atoms with Crippen molar-refractivity contribution in [3.05, 3.63) is 120 Å². The Balaban J connectivity index is 1.32. The summed E-state index contributed by atoms with van der Waals surface area (Å²) >= 11 is 0. The third-order valence-electron chi connectivity index (χ3n) is 10.1. The standard InChI is InChI=1S/C41H48N2/c1-7-9-28-42-34-26-24-30-18-14-16-20-32(30)38(34)40(3,4)36(42)22-12-11-13-23-37-41(5,6)39-33-21-17-15-19-31(33)25-27-35(39)43(37)29-10-8-2/h11-27,36H,7-10,28-29H2,1-6H3/p+1/b13-11+,22-12+,37-23-. The molecular formula is C41H49N2+. The number of rotatable bonds is 9. The van der Waals surface area contributed by atoms with Crippen molar-refractivity contribution in [2.24, 2.45) is 0 Å². The molecular weight excluding hydrogens is 520 g/mol. The van der Waals surface area contributed by atoms with Crippen molar-refractivity contribution >= 4 is 32.9 Å². The fourth-order valence-corrected chi connectivity index (χ4v) is 7.98. The molecule has 0 aromatic heterocycles. The Labute approximate surface area is 259 Å². The Morgan fingerprint density at radius 2 is 1.37 bits per heavy atom. The van der Waals surface area contributed by atoms with Crippen LogP contribution in [0.25, 0.3) is 21.5 Å². The predicted octanol–water partition coefficient (Wildman–Crippen LogP) is 9.56. The second-order valence-corrected chi connectivity index (χ2v) is 13.7. The maximum absolute atomic E-state index is 2.58. The van der Waals surface area contributed by atoms with Crippen LogP contribution in [0, 0.1) is 0 Å². The summed E-state index contributed by atoms with van der Waals surface area (Å²) in [4.78, 5) is 4.19. The maximum Gasteiger partial charge on any atom is 0.136 e. The van der Waals surface area contributed by atoms with Crippen LogP contribution >= 0.6 is 0 Å². The number of benzene rings is 4. The first-order valence-corrected chi connectivity index (χ1v) is 16.5. The van der Waals surface area contributed by atoms with E-state index in [1.165, 1.54) is 82.0 Å². The highest BCUT2D eigenvalue weighted by atomic mass is 15.2. The van der Waals surface area contributed by atoms with E-state index in [1.54, 1.807) is 4.90 Å². The van der Waals surface area contributed by atoms with Crippen molar-refractivity contribution in [1.29, 1.82) is 0 Å². The molecule has 6 rings (SSSR count). The first-order valence-electron chi connectivity index (χ1n) is 16.5. The van der Waals surface area contributed by atoms with Crippen molar-refractivity contribution in [2.45, 2.75) is 84.1 Å². The molecule has 43 heavy (non-hydrogen) atoms. The van der Waals surface area contributed by atoms with Gasteiger partial charge in [-0.25, -0.2) is 0 Å². The smallest absolute Gasteiger partial charge is 0.136 e. The second-order valence-electron chi connectivity index (χ2n) is 13.7. The zero-order valence-corrected chi connectivity index (χ0v) is 27.1. The molecule has 0 amide bonds. The molecule has 2 aliphatic rings. The summed E-state index contributed by atoms with van der Waals surface area (Å²) in [5.41, 5.74) is 7.24. The van der Waals surface area contributed by atoms with Gasteiger partial charge in [-0.2, -0.15) is 0 Å². The van der Waals surface area contributed by atoms with Crippen LogP contribution in [-0.4, -0.2) is 19.1 Å². The van der Waals surface area contributed by atoms with Crippen LogP contribution < -0.4 is 9.80 Å². The third kappa shape index (κ3) is 5.04. The number of nitrogens with zero attached hydrogens (tertiary/aromatic N) is 1. The second kappa shape index (κ2) is 11.8. The Kier molecular flexibility index (Phi) is 8.09. The minimum absolute atomic E-state index is 0.0508. The molecule has 2 heterocycles. The Morgan fingerprint density at radius 3 is 2.07 bits per heavy atom. The molecule has 0 radical (unpaired) electrons. The number of hydrogen-bond acceptors (Lipinski definition) is 1. The molecule has 0 bridgehead atoms. The normalized spacial score (nSPS) is 21.5. The van der Waals surface area contributed by atoms with E-state index in [0.29, 0.717) is 6.04 Å². The predicted molar refractivity (Wildman–Crippen MR) is 187 cm³/mol. The van der Waals surface area contributed by atoms with Crippen LogP contribution in [0.4, 0.5) is 11.4 Å². The SMILES string of the molecule is CCCCN1\C(=C/C=C/C=C/C2[NH+](CCCC)c3ccc4ccccc4c3C2(C)C)C(C)(C)c2c1ccc1ccccc21. The lowest BCUT2D eigenvalue weighted by molar-refractivity contribution is -0.850. The molecule has 0 spiro atoms. The number of fused-ring (bicyclic) bond motifs is 6. The van der Waals surface area contributed by atoms with Gasteiger partial charge in [0.15, 0.2) is 0 Å². The van der Waals surface area contributed by atoms with E-state index in [4.69, 9.17) is 0 Å². The zero-order chi connectivity index (χ0) is 30.2. The van der Waals surface area contributed by atoms with E-state index in [2.05, 4.69) is 150 Å². The zero-order valence-electron chi connectivity index (χ0n) is 27.1. The quantitative estimate of drug-likeness (QED) is 0.197. The van der Waals surface area contributed by atoms with Crippen LogP contribution in [0.5, 0.6) is 0 Å². The van der Waals surface area contributed by atoms with Gasteiger partial charge in [0.05, 0.1) is 12.0 Å². The summed E-state index contributed by atoms with van der Waals surface area (Å²) < 4.78 is 0. The summed E-state index contributed by atoms with van der Waals surface area (Å²) in [6.45, 7) is 16.5. The van der Waals surface area contributed by atoms with Gasteiger partial charge in [-0.15, -0.1) is 0 Å². The highest BCUT2D eigenvalue weighted by molar-refractivity contribution is 5.95. The van der Waals surface area contributed by atoms with Gasteiger partial charge in [0.25, 0.3) is 0 Å². The largest absolute Gasteiger partial charge is 0.344 e. The van der Waals surface area contributed by atoms with Gasteiger partial charge in [-0.05, 0) is 78.1 Å². The fraction of sp³-hybridized carbons (Fsp3) is 0.366. The first kappa shape index (κ1) is 29.5. The number of quaternary nitrogens is 1. The van der Waals surface area contributed by atoms with Crippen molar-refractivity contribution in [1.82, 2.24) is 0 Å². The molecule has 4 aromatic rings. The van der Waals surface area contributed by atoms with Gasteiger partial charge in [-0.3, -0.25) is 4.90 Å². The molecule has 0 fully saturated rings. The minimum atomic E-state index is -0.0603. The van der Waals surface area contributed by atoms with Gasteiger partial charge in [0.1, 0.15) is 11.7 Å². The molecule has 0 saturated carbocycles. The van der Waals surface area contributed by atoms with Crippen molar-refractivity contribution in [2.75, 3.05) is 18.0 Å². The molecule has 4 aromatic carbocycles. The van der Waals surface area contributed by atoms with E-state index in [0.717, 1.165) is 6.54 Å². The average molecular weight is 570 g/mol. The number of anilines is 1. The number of unbranched alkanes of at least 4 members (excludes halogenated alkanes) is 2. The average Bonchev–Trinajstić information content (AvgIpc) is 3.37. The van der Waals surface area contributed by atoms with E-state index in [1.807, 2.05) is 0 Å². The molecule has 2 heteroatoms. The third-order valence-corrected chi connectivity index (χ3v) is 10.1. The molecule has 1 N–H and O–H groups in total. The molecule has 2 nitrogen and oxygen atoms in total. The number of nitrogens with one attached hydrogen (secondary N) is 1. The van der Waals surface area contributed by atoms with E-state index in [9.17, 15) is 0 Å². The van der Waals surface area contributed by atoms with Crippen LogP contribution in [0.3, 0.4) is 0 Å². The van der Waals surface area contributed by atoms with Crippen LogP contribution in [0.1, 0.15) is 78.4 Å². The van der Waals surface area contributed by atoms with E-state index < -0.39 is 0 Å². The minimum Gasteiger partial charge on any atom is -0.344 e. The molecule has 2 unspecified atom stereocenters. The summed E-state index contributed by atoms with van der Waals surface area (Å²) in [6, 6.07) is 27.6. The van der Waals surface area contributed by atoms with Gasteiger partial charge >= 0.3 is 0 Å². The Bertz CT molecular complexity index is 1720. The molecule has 2 atom stereocenters. The monoisotopic (exact) mass is 569 g/mol. The Morgan fingerprint density at radius 1 is 0.721 bits per heavy atom. The fourth-order valence-electron chi connectivity index (χ4n) is 7.98. The molecule has 0 saturated heterocycles. The first-order chi connectivity index (χ1) is 20.8. The lowest BCUT2D eigenvalue weighted by atomic mass is 9.78. The lowest BCUT2D eigenvalue weighted by Gasteiger charge is -2.27. The van der Waals surface area contributed by atoms with Crippen molar-refractivity contribution < 1.29 is 4.90 Å². The molecule has 222 valence electrons. The lowest BCUT2D eigenvalue weighted by Crippen LogP contribution is -3.10. The van der Waals surface area contributed by atoms with E-state index >= 15 is 0 Å². The van der Waals surface area contributed by atoms with Crippen LogP contribution in [0.15, 0.2) is 109 Å². The summed E-state index contributed by atoms with van der Waals surface area (Å²) in [5, 5.41) is 5.47. The van der Waals surface area contributed by atoms with Gasteiger partial charge in [-0.1, -0.05) is 113 Å². The topological polar surface area (TPSA) is 7.68 Å². The summed E-state index contributed by atoms with van der Waals surface area (Å²) in [5.74, 6) is 0. The number of hydrogen-bond donors (Lipinski definition) is 1. The number of allylic oxidation sites excluding steroid dienone is 5. The maximum atomic E-state index is 2.58. The highest BCUT2D eigenvalue weighted by Crippen LogP contribution is 2.50. The summed E-state index contributed by atoms with van der Waals surface area (Å²) in [6.07, 6.45) is 16.5. The summed E-state index contributed by atoms with van der Waals surface area (Å²) in [7, 11) is 0. The van der Waals surface area contributed by atoms with Crippen molar-refractivity contribution in [3.8, 4) is 0 Å².